The number of anilines is 1. The average molecular weight is 287 g/mol. The number of hydrogen-bond acceptors (Lipinski definition) is 5. The number of ether oxygens (including phenoxy) is 1. The number of aromatic hydroxyl groups is 1. The molecular weight excluding hydrogens is 266 g/mol. The predicted molar refractivity (Wildman–Crippen MR) is 82.8 cm³/mol. The van der Waals surface area contributed by atoms with Gasteiger partial charge in [0.25, 0.3) is 0 Å². The molecule has 0 aliphatic heterocycles. The van der Waals surface area contributed by atoms with Crippen LogP contribution in [0.4, 0.5) is 5.82 Å². The van der Waals surface area contributed by atoms with E-state index in [4.69, 9.17) is 4.74 Å². The lowest BCUT2D eigenvalue weighted by Crippen LogP contribution is -2.23. The highest BCUT2D eigenvalue weighted by molar-refractivity contribution is 5.91. The summed E-state index contributed by atoms with van der Waals surface area (Å²) in [6.45, 7) is 2.28. The fraction of sp³-hybridized carbons (Fsp3) is 0.500. The number of nitrogens with one attached hydrogen (secondary N) is 1. The van der Waals surface area contributed by atoms with E-state index in [-0.39, 0.29) is 11.9 Å². The van der Waals surface area contributed by atoms with Gasteiger partial charge in [-0.15, -0.1) is 0 Å². The van der Waals surface area contributed by atoms with Crippen molar-refractivity contribution >= 4 is 16.7 Å². The molecule has 112 valence electrons. The van der Waals surface area contributed by atoms with E-state index in [0.29, 0.717) is 11.3 Å². The lowest BCUT2D eigenvalue weighted by Gasteiger charge is -2.27. The third-order valence-electron chi connectivity index (χ3n) is 4.21. The first-order valence-electron chi connectivity index (χ1n) is 7.49. The highest BCUT2D eigenvalue weighted by atomic mass is 16.5. The summed E-state index contributed by atoms with van der Waals surface area (Å²) in [4.78, 5) is 8.38. The molecule has 0 atom stereocenters. The fourth-order valence-corrected chi connectivity index (χ4v) is 2.89. The topological polar surface area (TPSA) is 67.3 Å². The van der Waals surface area contributed by atoms with Gasteiger partial charge in [0.2, 0.25) is 0 Å². The number of benzene rings is 1. The first-order valence-corrected chi connectivity index (χ1v) is 7.49. The minimum atomic E-state index is 0.141. The molecule has 0 unspecified atom stereocenters. The molecule has 1 aliphatic rings. The summed E-state index contributed by atoms with van der Waals surface area (Å²) in [6.07, 6.45) is 6.13. The largest absolute Gasteiger partial charge is 0.504 e. The molecule has 5 nitrogen and oxygen atoms in total. The summed E-state index contributed by atoms with van der Waals surface area (Å²) in [5, 5.41) is 14.0. The molecule has 0 bridgehead atoms. The molecule has 21 heavy (non-hydrogen) atoms. The minimum Gasteiger partial charge on any atom is -0.504 e. The van der Waals surface area contributed by atoms with Crippen LogP contribution in [-0.2, 0) is 0 Å². The smallest absolute Gasteiger partial charge is 0.162 e. The number of phenolic OH excluding ortho intramolecular Hbond substituents is 1. The molecule has 2 N–H and O–H groups in total. The van der Waals surface area contributed by atoms with Crippen molar-refractivity contribution in [2.24, 2.45) is 5.92 Å². The van der Waals surface area contributed by atoms with Gasteiger partial charge in [0.1, 0.15) is 12.1 Å². The Morgan fingerprint density at radius 3 is 2.67 bits per heavy atom. The van der Waals surface area contributed by atoms with Gasteiger partial charge in [0, 0.05) is 18.5 Å². The monoisotopic (exact) mass is 287 g/mol. The number of nitrogens with zero attached hydrogens (tertiary/aromatic N) is 2. The SMILES string of the molecule is CNc1ncnc2cc(O)c(OC3CCC(C)CC3)cc12. The number of phenols is 1. The van der Waals surface area contributed by atoms with E-state index < -0.39 is 0 Å². The Labute approximate surface area is 124 Å². The van der Waals surface area contributed by atoms with Crippen LogP contribution in [0, 0.1) is 5.92 Å². The normalized spacial score (nSPS) is 22.2. The zero-order valence-corrected chi connectivity index (χ0v) is 12.5. The molecule has 1 aromatic carbocycles. The van der Waals surface area contributed by atoms with Gasteiger partial charge in [0.05, 0.1) is 11.6 Å². The summed E-state index contributed by atoms with van der Waals surface area (Å²) >= 11 is 0. The molecular formula is C16H21N3O2. The molecule has 0 amide bonds. The third kappa shape index (κ3) is 2.86. The van der Waals surface area contributed by atoms with Gasteiger partial charge in [0.15, 0.2) is 11.5 Å². The minimum absolute atomic E-state index is 0.141. The van der Waals surface area contributed by atoms with Gasteiger partial charge in [-0.25, -0.2) is 9.97 Å². The summed E-state index contributed by atoms with van der Waals surface area (Å²) in [7, 11) is 1.82. The lowest BCUT2D eigenvalue weighted by atomic mass is 9.89. The second-order valence-electron chi connectivity index (χ2n) is 5.81. The van der Waals surface area contributed by atoms with E-state index in [1.807, 2.05) is 13.1 Å². The molecule has 1 fully saturated rings. The molecule has 0 saturated heterocycles. The van der Waals surface area contributed by atoms with Gasteiger partial charge < -0.3 is 15.2 Å². The van der Waals surface area contributed by atoms with E-state index in [2.05, 4.69) is 22.2 Å². The van der Waals surface area contributed by atoms with Crippen LogP contribution in [0.1, 0.15) is 32.6 Å². The highest BCUT2D eigenvalue weighted by Gasteiger charge is 2.21. The first kappa shape index (κ1) is 13.9. The Hall–Kier alpha value is -2.04. The van der Waals surface area contributed by atoms with Crippen molar-refractivity contribution in [3.05, 3.63) is 18.5 Å². The van der Waals surface area contributed by atoms with Crippen molar-refractivity contribution in [3.63, 3.8) is 0 Å². The van der Waals surface area contributed by atoms with Crippen LogP contribution in [0.15, 0.2) is 18.5 Å². The average Bonchev–Trinajstić information content (AvgIpc) is 2.49. The van der Waals surface area contributed by atoms with E-state index in [1.54, 1.807) is 6.07 Å². The molecule has 2 aromatic rings. The Kier molecular flexibility index (Phi) is 3.82. The van der Waals surface area contributed by atoms with Crippen LogP contribution < -0.4 is 10.1 Å². The second-order valence-corrected chi connectivity index (χ2v) is 5.81. The number of fused-ring (bicyclic) bond motifs is 1. The Morgan fingerprint density at radius 2 is 1.95 bits per heavy atom. The van der Waals surface area contributed by atoms with Crippen molar-refractivity contribution in [2.45, 2.75) is 38.7 Å². The van der Waals surface area contributed by atoms with Crippen LogP contribution in [0.2, 0.25) is 0 Å². The number of hydrogen-bond donors (Lipinski definition) is 2. The summed E-state index contributed by atoms with van der Waals surface area (Å²) in [6, 6.07) is 3.47. The van der Waals surface area contributed by atoms with Gasteiger partial charge in [-0.1, -0.05) is 6.92 Å². The molecule has 1 heterocycles. The van der Waals surface area contributed by atoms with Gasteiger partial charge in [-0.05, 0) is 37.7 Å². The summed E-state index contributed by atoms with van der Waals surface area (Å²) < 4.78 is 6.01. The maximum absolute atomic E-state index is 10.1. The van der Waals surface area contributed by atoms with Crippen molar-refractivity contribution in [2.75, 3.05) is 12.4 Å². The number of aromatic nitrogens is 2. The second kappa shape index (κ2) is 5.76. The molecule has 5 heteroatoms. The first-order chi connectivity index (χ1) is 10.2. The highest BCUT2D eigenvalue weighted by Crippen LogP contribution is 2.35. The maximum atomic E-state index is 10.1. The van der Waals surface area contributed by atoms with Gasteiger partial charge >= 0.3 is 0 Å². The molecule has 0 spiro atoms. The zero-order chi connectivity index (χ0) is 14.8. The van der Waals surface area contributed by atoms with E-state index in [9.17, 15) is 5.11 Å². The van der Waals surface area contributed by atoms with Gasteiger partial charge in [-0.2, -0.15) is 0 Å². The van der Waals surface area contributed by atoms with Crippen LogP contribution in [0.25, 0.3) is 10.9 Å². The van der Waals surface area contributed by atoms with Crippen LogP contribution in [0.5, 0.6) is 11.5 Å². The lowest BCUT2D eigenvalue weighted by molar-refractivity contribution is 0.132. The predicted octanol–water partition coefficient (Wildman–Crippen LogP) is 3.33. The van der Waals surface area contributed by atoms with E-state index >= 15 is 0 Å². The van der Waals surface area contributed by atoms with Crippen LogP contribution >= 0.6 is 0 Å². The Balaban J connectivity index is 1.89. The molecule has 0 radical (unpaired) electrons. The Morgan fingerprint density at radius 1 is 1.19 bits per heavy atom. The fourth-order valence-electron chi connectivity index (χ4n) is 2.89. The van der Waals surface area contributed by atoms with Crippen molar-refractivity contribution in [3.8, 4) is 11.5 Å². The standard InChI is InChI=1S/C16H21N3O2/c1-10-3-5-11(6-4-10)21-15-7-12-13(8-14(15)20)18-9-19-16(12)17-2/h7-11,20H,3-6H2,1-2H3,(H,17,18,19). The van der Waals surface area contributed by atoms with E-state index in [0.717, 1.165) is 30.0 Å². The summed E-state index contributed by atoms with van der Waals surface area (Å²) in [5.74, 6) is 2.18. The van der Waals surface area contributed by atoms with E-state index in [1.165, 1.54) is 19.2 Å². The molecule has 1 saturated carbocycles. The number of rotatable bonds is 3. The van der Waals surface area contributed by atoms with Crippen LogP contribution in [-0.4, -0.2) is 28.2 Å². The van der Waals surface area contributed by atoms with Crippen molar-refractivity contribution < 1.29 is 9.84 Å². The van der Waals surface area contributed by atoms with Gasteiger partial charge in [-0.3, -0.25) is 0 Å². The van der Waals surface area contributed by atoms with Crippen molar-refractivity contribution in [1.82, 2.24) is 9.97 Å². The maximum Gasteiger partial charge on any atom is 0.162 e. The summed E-state index contributed by atoms with van der Waals surface area (Å²) in [5.41, 5.74) is 0.705. The van der Waals surface area contributed by atoms with Crippen LogP contribution in [0.3, 0.4) is 0 Å². The quantitative estimate of drug-likeness (QED) is 0.906. The van der Waals surface area contributed by atoms with Crippen molar-refractivity contribution in [1.29, 1.82) is 0 Å². The Bertz CT molecular complexity index is 637. The molecule has 3 rings (SSSR count). The molecule has 1 aromatic heterocycles. The zero-order valence-electron chi connectivity index (χ0n) is 12.5. The third-order valence-corrected chi connectivity index (χ3v) is 4.21. The molecule has 1 aliphatic carbocycles.